The molecule has 1 unspecified atom stereocenters. The zero-order valence-corrected chi connectivity index (χ0v) is 10.4. The molecule has 0 saturated heterocycles. The quantitative estimate of drug-likeness (QED) is 0.717. The largest absolute Gasteiger partial charge is 0.465 e. The van der Waals surface area contributed by atoms with Gasteiger partial charge in [-0.2, -0.15) is 0 Å². The molecule has 1 N–H and O–H groups in total. The van der Waals surface area contributed by atoms with Crippen LogP contribution in [0.2, 0.25) is 0 Å². The number of nitrogens with zero attached hydrogens (tertiary/aromatic N) is 1. The monoisotopic (exact) mass is 222 g/mol. The van der Waals surface area contributed by atoms with Gasteiger partial charge in [-0.3, -0.25) is 0 Å². The smallest absolute Gasteiger partial charge is 0.126 e. The summed E-state index contributed by atoms with van der Waals surface area (Å²) < 4.78 is 5.20. The van der Waals surface area contributed by atoms with Crippen LogP contribution in [0.15, 0.2) is 28.9 Å². The Balaban J connectivity index is 2.16. The highest BCUT2D eigenvalue weighted by Gasteiger charge is 2.06. The third-order valence-electron chi connectivity index (χ3n) is 2.67. The SMILES string of the molecule is CCC(CNC/C=C/c1ccco1)N(C)C. The van der Waals surface area contributed by atoms with Gasteiger partial charge in [0.25, 0.3) is 0 Å². The predicted octanol–water partition coefficient (Wildman–Crippen LogP) is 2.22. The first-order valence-electron chi connectivity index (χ1n) is 5.81. The molecule has 0 spiro atoms. The van der Waals surface area contributed by atoms with Crippen LogP contribution >= 0.6 is 0 Å². The van der Waals surface area contributed by atoms with E-state index < -0.39 is 0 Å². The van der Waals surface area contributed by atoms with Crippen molar-refractivity contribution in [1.29, 1.82) is 0 Å². The second-order valence-electron chi connectivity index (χ2n) is 4.10. The Bertz CT molecular complexity index is 291. The molecule has 0 saturated carbocycles. The lowest BCUT2D eigenvalue weighted by molar-refractivity contribution is 0.279. The maximum atomic E-state index is 5.20. The molecule has 0 aliphatic heterocycles. The molecule has 1 rings (SSSR count). The first kappa shape index (κ1) is 13.0. The molecule has 1 heterocycles. The van der Waals surface area contributed by atoms with Gasteiger partial charge in [0, 0.05) is 19.1 Å². The second-order valence-corrected chi connectivity index (χ2v) is 4.10. The molecular formula is C13H22N2O. The van der Waals surface area contributed by atoms with Crippen LogP contribution < -0.4 is 5.32 Å². The van der Waals surface area contributed by atoms with Crippen molar-refractivity contribution < 1.29 is 4.42 Å². The average molecular weight is 222 g/mol. The van der Waals surface area contributed by atoms with Crippen LogP contribution in [0.3, 0.4) is 0 Å². The highest BCUT2D eigenvalue weighted by Crippen LogP contribution is 2.01. The molecule has 1 aromatic rings. The Morgan fingerprint density at radius 1 is 1.50 bits per heavy atom. The van der Waals surface area contributed by atoms with Crippen LogP contribution in [0.25, 0.3) is 6.08 Å². The maximum Gasteiger partial charge on any atom is 0.126 e. The van der Waals surface area contributed by atoms with Crippen molar-refractivity contribution in [1.82, 2.24) is 10.2 Å². The minimum Gasteiger partial charge on any atom is -0.465 e. The molecule has 0 radical (unpaired) electrons. The average Bonchev–Trinajstić information content (AvgIpc) is 2.75. The summed E-state index contributed by atoms with van der Waals surface area (Å²) in [6.45, 7) is 4.11. The van der Waals surface area contributed by atoms with Gasteiger partial charge >= 0.3 is 0 Å². The van der Waals surface area contributed by atoms with E-state index >= 15 is 0 Å². The van der Waals surface area contributed by atoms with Gasteiger partial charge in [-0.15, -0.1) is 0 Å². The summed E-state index contributed by atoms with van der Waals surface area (Å²) in [4.78, 5) is 2.25. The van der Waals surface area contributed by atoms with Crippen LogP contribution in [0, 0.1) is 0 Å². The van der Waals surface area contributed by atoms with Crippen molar-refractivity contribution in [3.63, 3.8) is 0 Å². The summed E-state index contributed by atoms with van der Waals surface area (Å²) in [5, 5.41) is 3.41. The van der Waals surface area contributed by atoms with E-state index in [1.807, 2.05) is 18.2 Å². The number of rotatable bonds is 7. The molecule has 0 aliphatic rings. The Morgan fingerprint density at radius 2 is 2.31 bits per heavy atom. The van der Waals surface area contributed by atoms with Crippen LogP contribution in [-0.4, -0.2) is 38.1 Å². The van der Waals surface area contributed by atoms with Crippen molar-refractivity contribution in [2.24, 2.45) is 0 Å². The lowest BCUT2D eigenvalue weighted by atomic mass is 10.2. The molecule has 1 atom stereocenters. The third kappa shape index (κ3) is 4.64. The molecule has 0 fully saturated rings. The van der Waals surface area contributed by atoms with E-state index in [0.29, 0.717) is 6.04 Å². The van der Waals surface area contributed by atoms with E-state index in [2.05, 4.69) is 37.3 Å². The number of nitrogens with one attached hydrogen (secondary N) is 1. The van der Waals surface area contributed by atoms with Gasteiger partial charge in [0.15, 0.2) is 0 Å². The molecule has 0 aliphatic carbocycles. The van der Waals surface area contributed by atoms with Gasteiger partial charge in [-0.1, -0.05) is 13.0 Å². The van der Waals surface area contributed by atoms with Crippen LogP contribution in [0.5, 0.6) is 0 Å². The summed E-state index contributed by atoms with van der Waals surface area (Å²) in [5.74, 6) is 0.904. The van der Waals surface area contributed by atoms with Gasteiger partial charge in [0.1, 0.15) is 5.76 Å². The predicted molar refractivity (Wildman–Crippen MR) is 68.4 cm³/mol. The van der Waals surface area contributed by atoms with E-state index in [1.54, 1.807) is 6.26 Å². The Kier molecular flexibility index (Phi) is 5.90. The van der Waals surface area contributed by atoms with E-state index in [4.69, 9.17) is 4.42 Å². The molecule has 3 heteroatoms. The minimum absolute atomic E-state index is 0.608. The number of hydrogen-bond acceptors (Lipinski definition) is 3. The van der Waals surface area contributed by atoms with E-state index in [9.17, 15) is 0 Å². The van der Waals surface area contributed by atoms with Crippen molar-refractivity contribution in [2.45, 2.75) is 19.4 Å². The number of hydrogen-bond donors (Lipinski definition) is 1. The molecule has 90 valence electrons. The fourth-order valence-electron chi connectivity index (χ4n) is 1.59. The second kappa shape index (κ2) is 7.25. The number of furan rings is 1. The topological polar surface area (TPSA) is 28.4 Å². The van der Waals surface area contributed by atoms with Crippen LogP contribution in [0.1, 0.15) is 19.1 Å². The third-order valence-corrected chi connectivity index (χ3v) is 2.67. The van der Waals surface area contributed by atoms with E-state index in [1.165, 1.54) is 6.42 Å². The molecule has 1 aromatic heterocycles. The van der Waals surface area contributed by atoms with Crippen LogP contribution in [-0.2, 0) is 0 Å². The van der Waals surface area contributed by atoms with Gasteiger partial charge in [-0.25, -0.2) is 0 Å². The summed E-state index contributed by atoms with van der Waals surface area (Å²) in [6, 6.07) is 4.45. The molecule has 0 bridgehead atoms. The Hall–Kier alpha value is -1.06. The summed E-state index contributed by atoms with van der Waals surface area (Å²) in [6.07, 6.45) is 6.93. The van der Waals surface area contributed by atoms with Gasteiger partial charge < -0.3 is 14.6 Å². The lowest BCUT2D eigenvalue weighted by Gasteiger charge is -2.22. The fraction of sp³-hybridized carbons (Fsp3) is 0.538. The van der Waals surface area contributed by atoms with Gasteiger partial charge in [0.05, 0.1) is 6.26 Å². The standard InChI is InChI=1S/C13H22N2O/c1-4-12(15(2)3)11-14-9-5-7-13-8-6-10-16-13/h5-8,10,12,14H,4,9,11H2,1-3H3/b7-5+. The molecule has 3 nitrogen and oxygen atoms in total. The molecule has 0 aromatic carbocycles. The minimum atomic E-state index is 0.608. The van der Waals surface area contributed by atoms with E-state index in [-0.39, 0.29) is 0 Å². The van der Waals surface area contributed by atoms with Crippen molar-refractivity contribution in [3.8, 4) is 0 Å². The van der Waals surface area contributed by atoms with Gasteiger partial charge in [0.2, 0.25) is 0 Å². The Labute approximate surface area is 98.1 Å². The first-order chi connectivity index (χ1) is 7.74. The van der Waals surface area contributed by atoms with Gasteiger partial charge in [-0.05, 0) is 38.7 Å². The molecule has 0 amide bonds. The lowest BCUT2D eigenvalue weighted by Crippen LogP contribution is -2.37. The number of likely N-dealkylation sites (N-methyl/N-ethyl adjacent to an activating group) is 1. The molecular weight excluding hydrogens is 200 g/mol. The summed E-state index contributed by atoms with van der Waals surface area (Å²) in [5.41, 5.74) is 0. The zero-order valence-electron chi connectivity index (χ0n) is 10.4. The molecule has 16 heavy (non-hydrogen) atoms. The summed E-state index contributed by atoms with van der Waals surface area (Å²) in [7, 11) is 4.24. The zero-order chi connectivity index (χ0) is 11.8. The normalized spacial score (nSPS) is 13.8. The highest BCUT2D eigenvalue weighted by molar-refractivity contribution is 5.42. The van der Waals surface area contributed by atoms with Crippen molar-refractivity contribution in [2.75, 3.05) is 27.2 Å². The van der Waals surface area contributed by atoms with Crippen molar-refractivity contribution >= 4 is 6.08 Å². The summed E-state index contributed by atoms with van der Waals surface area (Å²) >= 11 is 0. The van der Waals surface area contributed by atoms with E-state index in [0.717, 1.165) is 18.8 Å². The first-order valence-corrected chi connectivity index (χ1v) is 5.81. The maximum absolute atomic E-state index is 5.20. The van der Waals surface area contributed by atoms with Crippen LogP contribution in [0.4, 0.5) is 0 Å². The fourth-order valence-corrected chi connectivity index (χ4v) is 1.59. The highest BCUT2D eigenvalue weighted by atomic mass is 16.3. The van der Waals surface area contributed by atoms with Crippen molar-refractivity contribution in [3.05, 3.63) is 30.2 Å². The Morgan fingerprint density at radius 3 is 2.88 bits per heavy atom.